The molecule has 4 rings (SSSR count). The molecule has 0 amide bonds. The van der Waals surface area contributed by atoms with Crippen LogP contribution in [-0.2, 0) is 9.84 Å². The number of nitrogens with one attached hydrogen (secondary N) is 1. The number of aliphatic hydroxyl groups excluding tert-OH is 1. The van der Waals surface area contributed by atoms with Gasteiger partial charge in [-0.1, -0.05) is 60.7 Å². The van der Waals surface area contributed by atoms with Crippen LogP contribution in [0, 0.1) is 0 Å². The van der Waals surface area contributed by atoms with Crippen molar-refractivity contribution in [2.75, 3.05) is 0 Å². The van der Waals surface area contributed by atoms with Gasteiger partial charge in [0.05, 0.1) is 4.90 Å². The van der Waals surface area contributed by atoms with E-state index >= 15 is 0 Å². The maximum Gasteiger partial charge on any atom is 0.209 e. The number of sulfone groups is 1. The third-order valence-electron chi connectivity index (χ3n) is 4.41. The normalized spacial score (nSPS) is 13.0. The fraction of sp³-hybridized carbons (Fsp3) is 0.0476. The maximum absolute atomic E-state index is 12.8. The molecule has 4 aromatic rings. The Balaban J connectivity index is 1.83. The first kappa shape index (κ1) is 16.6. The van der Waals surface area contributed by atoms with Gasteiger partial charge in [-0.3, -0.25) is 0 Å². The van der Waals surface area contributed by atoms with Crippen molar-refractivity contribution in [1.29, 1.82) is 0 Å². The van der Waals surface area contributed by atoms with E-state index in [1.807, 2.05) is 42.5 Å². The van der Waals surface area contributed by atoms with Crippen LogP contribution in [0.5, 0.6) is 0 Å². The molecule has 2 N–H and O–H groups in total. The van der Waals surface area contributed by atoms with Crippen LogP contribution in [0.25, 0.3) is 22.2 Å². The minimum absolute atomic E-state index is 0.0962. The van der Waals surface area contributed by atoms with E-state index < -0.39 is 15.3 Å². The van der Waals surface area contributed by atoms with E-state index in [1.54, 1.807) is 30.3 Å². The molecule has 1 atom stereocenters. The van der Waals surface area contributed by atoms with Gasteiger partial charge in [-0.2, -0.15) is 0 Å². The monoisotopic (exact) mass is 363 g/mol. The molecule has 1 aromatic heterocycles. The fourth-order valence-corrected chi connectivity index (χ4v) is 4.42. The number of fused-ring (bicyclic) bond motifs is 1. The van der Waals surface area contributed by atoms with Gasteiger partial charge in [0.25, 0.3) is 0 Å². The molecule has 0 aliphatic heterocycles. The standard InChI is InChI=1S/C21H17NO3S/c23-21(26(24,25)16-9-2-1-3-10-16)18-12-6-5-11-17(18)20-14-15-8-4-7-13-19(15)22-20/h1-14,21-23H. The number of para-hydroxylation sites is 1. The van der Waals surface area contributed by atoms with Crippen molar-refractivity contribution >= 4 is 20.7 Å². The van der Waals surface area contributed by atoms with E-state index in [9.17, 15) is 13.5 Å². The summed E-state index contributed by atoms with van der Waals surface area (Å²) in [4.78, 5) is 3.39. The SMILES string of the molecule is O=S(=O)(c1ccccc1)C(O)c1ccccc1-c1cc2ccccc2[nH]1. The molecule has 0 aliphatic rings. The van der Waals surface area contributed by atoms with Crippen molar-refractivity contribution in [2.24, 2.45) is 0 Å². The number of aromatic nitrogens is 1. The van der Waals surface area contributed by atoms with Gasteiger partial charge in [-0.25, -0.2) is 8.42 Å². The summed E-state index contributed by atoms with van der Waals surface area (Å²) in [7, 11) is -3.91. The Morgan fingerprint density at radius 2 is 1.46 bits per heavy atom. The zero-order valence-corrected chi connectivity index (χ0v) is 14.6. The number of H-pyrrole nitrogens is 1. The van der Waals surface area contributed by atoms with Crippen LogP contribution in [-0.4, -0.2) is 18.5 Å². The fourth-order valence-electron chi connectivity index (χ4n) is 3.08. The van der Waals surface area contributed by atoms with Gasteiger partial charge in [0.15, 0.2) is 5.44 Å². The predicted molar refractivity (Wildman–Crippen MR) is 102 cm³/mol. The molecule has 0 saturated carbocycles. The van der Waals surface area contributed by atoms with Crippen LogP contribution >= 0.6 is 0 Å². The molecule has 130 valence electrons. The van der Waals surface area contributed by atoms with E-state index in [2.05, 4.69) is 4.98 Å². The molecule has 3 aromatic carbocycles. The van der Waals surface area contributed by atoms with E-state index in [1.165, 1.54) is 12.1 Å². The first-order valence-corrected chi connectivity index (χ1v) is 9.76. The lowest BCUT2D eigenvalue weighted by molar-refractivity contribution is 0.255. The molecule has 0 spiro atoms. The van der Waals surface area contributed by atoms with Gasteiger partial charge >= 0.3 is 0 Å². The lowest BCUT2D eigenvalue weighted by Gasteiger charge is -2.16. The number of rotatable bonds is 4. The molecule has 5 heteroatoms. The second-order valence-electron chi connectivity index (χ2n) is 6.07. The summed E-state index contributed by atoms with van der Waals surface area (Å²) in [5.74, 6) is 0. The molecule has 4 nitrogen and oxygen atoms in total. The van der Waals surface area contributed by atoms with Gasteiger partial charge in [0, 0.05) is 27.7 Å². The van der Waals surface area contributed by atoms with Gasteiger partial charge < -0.3 is 10.1 Å². The summed E-state index contributed by atoms with van der Waals surface area (Å²) < 4.78 is 25.7. The third kappa shape index (κ3) is 2.81. The highest BCUT2D eigenvalue weighted by molar-refractivity contribution is 7.91. The Kier molecular flexibility index (Phi) is 4.11. The van der Waals surface area contributed by atoms with E-state index in [-0.39, 0.29) is 4.90 Å². The van der Waals surface area contributed by atoms with Crippen LogP contribution in [0.4, 0.5) is 0 Å². The van der Waals surface area contributed by atoms with Crippen molar-refractivity contribution in [3.63, 3.8) is 0 Å². The zero-order valence-electron chi connectivity index (χ0n) is 13.8. The molecule has 1 heterocycles. The second kappa shape index (κ2) is 6.44. The lowest BCUT2D eigenvalue weighted by Crippen LogP contribution is -2.14. The summed E-state index contributed by atoms with van der Waals surface area (Å²) in [5.41, 5.74) is 1.09. The predicted octanol–water partition coefficient (Wildman–Crippen LogP) is 4.30. The number of benzene rings is 3. The second-order valence-corrected chi connectivity index (χ2v) is 8.08. The van der Waals surface area contributed by atoms with Crippen LogP contribution in [0.3, 0.4) is 0 Å². The average Bonchev–Trinajstić information content (AvgIpc) is 3.12. The lowest BCUT2D eigenvalue weighted by atomic mass is 10.1. The highest BCUT2D eigenvalue weighted by Crippen LogP contribution is 2.34. The molecular formula is C21H17NO3S. The van der Waals surface area contributed by atoms with Crippen molar-refractivity contribution < 1.29 is 13.5 Å². The van der Waals surface area contributed by atoms with E-state index in [0.717, 1.165) is 16.6 Å². The summed E-state index contributed by atoms with van der Waals surface area (Å²) in [6, 6.07) is 24.8. The molecule has 0 fully saturated rings. The molecule has 26 heavy (non-hydrogen) atoms. The Labute approximate surface area is 151 Å². The molecular weight excluding hydrogens is 346 g/mol. The Hall–Kier alpha value is -2.89. The van der Waals surface area contributed by atoms with Crippen molar-refractivity contribution in [2.45, 2.75) is 10.3 Å². The highest BCUT2D eigenvalue weighted by atomic mass is 32.2. The van der Waals surface area contributed by atoms with E-state index in [0.29, 0.717) is 11.1 Å². The summed E-state index contributed by atoms with van der Waals surface area (Å²) in [5, 5.41) is 11.7. The maximum atomic E-state index is 12.8. The number of aromatic amines is 1. The topological polar surface area (TPSA) is 70.2 Å². The van der Waals surface area contributed by atoms with Crippen molar-refractivity contribution in [3.05, 3.63) is 90.5 Å². The van der Waals surface area contributed by atoms with Crippen LogP contribution in [0.1, 0.15) is 11.0 Å². The molecule has 0 aliphatic carbocycles. The third-order valence-corrected chi connectivity index (χ3v) is 6.18. The quantitative estimate of drug-likeness (QED) is 0.568. The molecule has 1 unspecified atom stereocenters. The van der Waals surface area contributed by atoms with Crippen LogP contribution < -0.4 is 0 Å². The van der Waals surface area contributed by atoms with Crippen molar-refractivity contribution in [1.82, 2.24) is 4.98 Å². The Morgan fingerprint density at radius 3 is 2.23 bits per heavy atom. The van der Waals surface area contributed by atoms with Gasteiger partial charge in [-0.05, 0) is 24.3 Å². The summed E-state index contributed by atoms with van der Waals surface area (Å²) in [6.45, 7) is 0. The number of hydrogen-bond acceptors (Lipinski definition) is 3. The molecule has 0 saturated heterocycles. The minimum Gasteiger partial charge on any atom is -0.373 e. The minimum atomic E-state index is -3.91. The zero-order chi connectivity index (χ0) is 18.1. The number of hydrogen-bond donors (Lipinski definition) is 2. The Bertz CT molecular complexity index is 1130. The largest absolute Gasteiger partial charge is 0.373 e. The number of aliphatic hydroxyl groups is 1. The first-order chi connectivity index (χ1) is 12.6. The Morgan fingerprint density at radius 1 is 0.808 bits per heavy atom. The average molecular weight is 363 g/mol. The van der Waals surface area contributed by atoms with Crippen molar-refractivity contribution in [3.8, 4) is 11.3 Å². The van der Waals surface area contributed by atoms with Gasteiger partial charge in [0.2, 0.25) is 9.84 Å². The summed E-state index contributed by atoms with van der Waals surface area (Å²) in [6.07, 6.45) is 0. The molecule has 0 bridgehead atoms. The first-order valence-electron chi connectivity index (χ1n) is 8.21. The van der Waals surface area contributed by atoms with Gasteiger partial charge in [0.1, 0.15) is 0 Å². The highest BCUT2D eigenvalue weighted by Gasteiger charge is 2.29. The summed E-state index contributed by atoms with van der Waals surface area (Å²) >= 11 is 0. The smallest absolute Gasteiger partial charge is 0.209 e. The van der Waals surface area contributed by atoms with Crippen LogP contribution in [0.2, 0.25) is 0 Å². The van der Waals surface area contributed by atoms with Gasteiger partial charge in [-0.15, -0.1) is 0 Å². The van der Waals surface area contributed by atoms with Crippen LogP contribution in [0.15, 0.2) is 89.8 Å². The molecule has 0 radical (unpaired) electrons. The van der Waals surface area contributed by atoms with E-state index in [4.69, 9.17) is 0 Å².